The highest BCUT2D eigenvalue weighted by Gasteiger charge is 2.22. The molecule has 1 aliphatic rings. The Morgan fingerprint density at radius 1 is 1.25 bits per heavy atom. The molecular weight excluding hydrogens is 462 g/mol. The molecule has 0 amide bonds. The third kappa shape index (κ3) is 5.48. The van der Waals surface area contributed by atoms with Crippen LogP contribution in [-0.4, -0.2) is 59.8 Å². The first-order valence-corrected chi connectivity index (χ1v) is 11.8. The lowest BCUT2D eigenvalue weighted by atomic mass is 9.99. The second-order valence-corrected chi connectivity index (χ2v) is 8.82. The highest BCUT2D eigenvalue weighted by Crippen LogP contribution is 2.37. The Labute approximate surface area is 209 Å². The van der Waals surface area contributed by atoms with E-state index in [1.165, 1.54) is 13.2 Å². The Balaban J connectivity index is 1.35. The van der Waals surface area contributed by atoms with Gasteiger partial charge in [0.05, 0.1) is 30.2 Å². The number of aromatic nitrogens is 1. The summed E-state index contributed by atoms with van der Waals surface area (Å²) in [4.78, 5) is 17.4. The molecule has 2 aromatic carbocycles. The van der Waals surface area contributed by atoms with Crippen molar-refractivity contribution in [3.05, 3.63) is 63.3 Å². The highest BCUT2D eigenvalue weighted by atomic mass is 16.6. The van der Waals surface area contributed by atoms with E-state index in [2.05, 4.69) is 21.3 Å². The van der Waals surface area contributed by atoms with Crippen molar-refractivity contribution in [2.45, 2.75) is 31.8 Å². The molecule has 0 bridgehead atoms. The van der Waals surface area contributed by atoms with Crippen molar-refractivity contribution in [2.24, 2.45) is 0 Å². The molecule has 188 valence electrons. The molecule has 1 aromatic heterocycles. The van der Waals surface area contributed by atoms with Crippen LogP contribution in [0.5, 0.6) is 17.2 Å². The Kier molecular flexibility index (Phi) is 7.83. The minimum absolute atomic E-state index is 0.0915. The summed E-state index contributed by atoms with van der Waals surface area (Å²) in [5.74, 6) is 0.373. The number of rotatable bonds is 9. The SMILES string of the molecule is COc1ccc2ncc(C#N)c(CCN3CCC(NCc4cc(OC)c(O)c([N+](=O)[O-])c4)CC3)c2c1. The fourth-order valence-corrected chi connectivity index (χ4v) is 4.66. The van der Waals surface area contributed by atoms with Gasteiger partial charge in [0.15, 0.2) is 5.75 Å². The number of hydrogen-bond acceptors (Lipinski definition) is 9. The smallest absolute Gasteiger partial charge is 0.314 e. The Morgan fingerprint density at radius 3 is 2.69 bits per heavy atom. The fraction of sp³-hybridized carbons (Fsp3) is 0.385. The van der Waals surface area contributed by atoms with Gasteiger partial charge in [-0.05, 0) is 67.7 Å². The molecule has 2 N–H and O–H groups in total. The van der Waals surface area contributed by atoms with E-state index in [4.69, 9.17) is 9.47 Å². The molecule has 3 aromatic rings. The number of phenols is 1. The van der Waals surface area contributed by atoms with Crippen molar-refractivity contribution in [1.29, 1.82) is 5.26 Å². The van der Waals surface area contributed by atoms with E-state index >= 15 is 0 Å². The quantitative estimate of drug-likeness (QED) is 0.340. The highest BCUT2D eigenvalue weighted by molar-refractivity contribution is 5.85. The molecule has 1 saturated heterocycles. The molecule has 1 fully saturated rings. The number of nitrogens with one attached hydrogen (secondary N) is 1. The predicted octanol–water partition coefficient (Wildman–Crippen LogP) is 3.53. The molecule has 4 rings (SSSR count). The summed E-state index contributed by atoms with van der Waals surface area (Å²) < 4.78 is 10.5. The summed E-state index contributed by atoms with van der Waals surface area (Å²) in [7, 11) is 3.00. The maximum Gasteiger partial charge on any atom is 0.314 e. The summed E-state index contributed by atoms with van der Waals surface area (Å²) in [5.41, 5.74) is 2.75. The van der Waals surface area contributed by atoms with E-state index in [0.717, 1.165) is 61.1 Å². The van der Waals surface area contributed by atoms with Crippen LogP contribution in [0.15, 0.2) is 36.5 Å². The molecule has 0 radical (unpaired) electrons. The average Bonchev–Trinajstić information content (AvgIpc) is 2.91. The van der Waals surface area contributed by atoms with Crippen LogP contribution in [0.25, 0.3) is 10.9 Å². The molecule has 10 heteroatoms. The number of likely N-dealkylation sites (tertiary alicyclic amines) is 1. The first-order chi connectivity index (χ1) is 17.4. The third-order valence-electron chi connectivity index (χ3n) is 6.70. The molecule has 0 aliphatic carbocycles. The number of aromatic hydroxyl groups is 1. The van der Waals surface area contributed by atoms with Gasteiger partial charge in [-0.3, -0.25) is 15.1 Å². The maximum absolute atomic E-state index is 11.2. The van der Waals surface area contributed by atoms with E-state index in [1.807, 2.05) is 18.2 Å². The average molecular weight is 492 g/mol. The van der Waals surface area contributed by atoms with E-state index in [1.54, 1.807) is 19.4 Å². The van der Waals surface area contributed by atoms with Crippen LogP contribution < -0.4 is 14.8 Å². The lowest BCUT2D eigenvalue weighted by Gasteiger charge is -2.32. The number of piperidine rings is 1. The molecule has 10 nitrogen and oxygen atoms in total. The summed E-state index contributed by atoms with van der Waals surface area (Å²) in [6, 6.07) is 11.3. The zero-order valence-electron chi connectivity index (χ0n) is 20.4. The maximum atomic E-state index is 11.2. The zero-order valence-corrected chi connectivity index (χ0v) is 20.4. The van der Waals surface area contributed by atoms with Crippen LogP contribution >= 0.6 is 0 Å². The van der Waals surface area contributed by atoms with Crippen LogP contribution in [0.1, 0.15) is 29.5 Å². The van der Waals surface area contributed by atoms with E-state index in [9.17, 15) is 20.5 Å². The lowest BCUT2D eigenvalue weighted by Crippen LogP contribution is -2.42. The number of ether oxygens (including phenoxy) is 2. The van der Waals surface area contributed by atoms with Crippen molar-refractivity contribution in [3.8, 4) is 23.3 Å². The van der Waals surface area contributed by atoms with Gasteiger partial charge in [0.2, 0.25) is 5.75 Å². The van der Waals surface area contributed by atoms with Gasteiger partial charge in [-0.2, -0.15) is 5.26 Å². The monoisotopic (exact) mass is 491 g/mol. The fourth-order valence-electron chi connectivity index (χ4n) is 4.66. The summed E-state index contributed by atoms with van der Waals surface area (Å²) in [5, 5.41) is 35.2. The number of hydrogen-bond donors (Lipinski definition) is 2. The number of fused-ring (bicyclic) bond motifs is 1. The van der Waals surface area contributed by atoms with Crippen molar-refractivity contribution in [3.63, 3.8) is 0 Å². The molecule has 1 aliphatic heterocycles. The van der Waals surface area contributed by atoms with Crippen LogP contribution in [-0.2, 0) is 13.0 Å². The number of benzene rings is 2. The van der Waals surface area contributed by atoms with Crippen molar-refractivity contribution < 1.29 is 19.5 Å². The van der Waals surface area contributed by atoms with Crippen LogP contribution in [0, 0.1) is 21.4 Å². The van der Waals surface area contributed by atoms with E-state index in [0.29, 0.717) is 17.7 Å². The molecule has 0 atom stereocenters. The standard InChI is InChI=1S/C26H29N5O5/c1-35-20-3-4-23-22(13-20)21(18(14-27)16-29-23)7-10-30-8-5-19(6-9-30)28-15-17-11-24(31(33)34)26(32)25(12-17)36-2/h3-4,11-13,16,19,28,32H,5-10,15H2,1-2H3. The predicted molar refractivity (Wildman–Crippen MR) is 134 cm³/mol. The van der Waals surface area contributed by atoms with Crippen molar-refractivity contribution in [1.82, 2.24) is 15.2 Å². The number of pyridine rings is 1. The van der Waals surface area contributed by atoms with E-state index in [-0.39, 0.29) is 17.5 Å². The van der Waals surface area contributed by atoms with Crippen LogP contribution in [0.3, 0.4) is 0 Å². The Bertz CT molecular complexity index is 1300. The van der Waals surface area contributed by atoms with Crippen molar-refractivity contribution in [2.75, 3.05) is 33.9 Å². The largest absolute Gasteiger partial charge is 0.500 e. The van der Waals surface area contributed by atoms with Gasteiger partial charge in [0, 0.05) is 36.8 Å². The summed E-state index contributed by atoms with van der Waals surface area (Å²) in [6.07, 6.45) is 4.26. The topological polar surface area (TPSA) is 134 Å². The number of nitrogens with zero attached hydrogens (tertiary/aromatic N) is 4. The Hall–Kier alpha value is -3.94. The normalized spacial score (nSPS) is 14.5. The molecule has 0 saturated carbocycles. The number of nitro benzene ring substituents is 1. The van der Waals surface area contributed by atoms with Gasteiger partial charge in [0.1, 0.15) is 11.8 Å². The van der Waals surface area contributed by atoms with Gasteiger partial charge in [-0.1, -0.05) is 0 Å². The van der Waals surface area contributed by atoms with Gasteiger partial charge in [-0.15, -0.1) is 0 Å². The van der Waals surface area contributed by atoms with E-state index < -0.39 is 10.7 Å². The minimum atomic E-state index is -0.611. The number of methoxy groups -OCH3 is 2. The second-order valence-electron chi connectivity index (χ2n) is 8.82. The second kappa shape index (κ2) is 11.2. The third-order valence-corrected chi connectivity index (χ3v) is 6.70. The van der Waals surface area contributed by atoms with Crippen molar-refractivity contribution >= 4 is 16.6 Å². The summed E-state index contributed by atoms with van der Waals surface area (Å²) in [6.45, 7) is 3.09. The minimum Gasteiger partial charge on any atom is -0.500 e. The van der Waals surface area contributed by atoms with Gasteiger partial charge >= 0.3 is 5.69 Å². The number of nitriles is 1. The van der Waals surface area contributed by atoms with Crippen LogP contribution in [0.2, 0.25) is 0 Å². The van der Waals surface area contributed by atoms with Gasteiger partial charge < -0.3 is 24.8 Å². The molecule has 36 heavy (non-hydrogen) atoms. The first kappa shape index (κ1) is 25.2. The number of phenolic OH excluding ortho intramolecular Hbond substituents is 1. The first-order valence-electron chi connectivity index (χ1n) is 11.8. The zero-order chi connectivity index (χ0) is 25.7. The van der Waals surface area contributed by atoms with Gasteiger partial charge in [0.25, 0.3) is 0 Å². The lowest BCUT2D eigenvalue weighted by molar-refractivity contribution is -0.386. The molecule has 0 unspecified atom stereocenters. The van der Waals surface area contributed by atoms with Crippen LogP contribution in [0.4, 0.5) is 5.69 Å². The molecule has 2 heterocycles. The number of nitro groups is 1. The summed E-state index contributed by atoms with van der Waals surface area (Å²) >= 11 is 0. The molecule has 0 spiro atoms. The Morgan fingerprint density at radius 2 is 2.03 bits per heavy atom. The molecular formula is C26H29N5O5. The van der Waals surface area contributed by atoms with Gasteiger partial charge in [-0.25, -0.2) is 0 Å².